The van der Waals surface area contributed by atoms with Crippen LogP contribution in [0.3, 0.4) is 0 Å². The van der Waals surface area contributed by atoms with Crippen molar-refractivity contribution in [2.75, 3.05) is 31.6 Å². The number of ether oxygens (including phenoxy) is 1. The molecular formula is C25H29N7O2. The minimum absolute atomic E-state index is 0.163. The van der Waals surface area contributed by atoms with Gasteiger partial charge in [-0.05, 0) is 50.5 Å². The lowest BCUT2D eigenvalue weighted by molar-refractivity contribution is 0.0954. The number of benzene rings is 1. The maximum atomic E-state index is 13.1. The lowest BCUT2D eigenvalue weighted by atomic mass is 10.1. The topological polar surface area (TPSA) is 89.6 Å². The summed E-state index contributed by atoms with van der Waals surface area (Å²) in [6.07, 6.45) is 8.46. The van der Waals surface area contributed by atoms with Crippen LogP contribution in [0.5, 0.6) is 5.75 Å². The molecule has 0 bridgehead atoms. The molecule has 1 saturated heterocycles. The van der Waals surface area contributed by atoms with Crippen molar-refractivity contribution in [3.05, 3.63) is 60.3 Å². The zero-order chi connectivity index (χ0) is 23.5. The Balaban J connectivity index is 1.41. The number of hydrogen-bond donors (Lipinski definition) is 1. The highest BCUT2D eigenvalue weighted by atomic mass is 16.5. The fourth-order valence-electron chi connectivity index (χ4n) is 4.37. The number of methoxy groups -OCH3 is 1. The van der Waals surface area contributed by atoms with Crippen LogP contribution < -0.4 is 15.0 Å². The van der Waals surface area contributed by atoms with E-state index >= 15 is 0 Å². The number of rotatable bonds is 8. The van der Waals surface area contributed by atoms with E-state index in [1.54, 1.807) is 24.0 Å². The molecule has 34 heavy (non-hydrogen) atoms. The molecule has 0 spiro atoms. The Kier molecular flexibility index (Phi) is 6.16. The van der Waals surface area contributed by atoms with Crippen LogP contribution in [0.15, 0.2) is 48.9 Å². The van der Waals surface area contributed by atoms with Crippen molar-refractivity contribution in [1.29, 1.82) is 0 Å². The van der Waals surface area contributed by atoms with Gasteiger partial charge in [0.05, 0.1) is 19.0 Å². The Morgan fingerprint density at radius 2 is 1.97 bits per heavy atom. The first-order valence-corrected chi connectivity index (χ1v) is 11.7. The van der Waals surface area contributed by atoms with E-state index in [4.69, 9.17) is 9.72 Å². The Labute approximate surface area is 198 Å². The van der Waals surface area contributed by atoms with Gasteiger partial charge in [-0.25, -0.2) is 9.97 Å². The molecule has 0 saturated carbocycles. The van der Waals surface area contributed by atoms with E-state index in [9.17, 15) is 4.79 Å². The van der Waals surface area contributed by atoms with Crippen molar-refractivity contribution in [2.45, 2.75) is 32.7 Å². The molecule has 0 aliphatic carbocycles. The molecule has 1 aliphatic heterocycles. The van der Waals surface area contributed by atoms with Crippen molar-refractivity contribution >= 4 is 17.4 Å². The Morgan fingerprint density at radius 1 is 1.18 bits per heavy atom. The first kappa shape index (κ1) is 21.9. The van der Waals surface area contributed by atoms with E-state index in [1.165, 1.54) is 0 Å². The highest BCUT2D eigenvalue weighted by Gasteiger charge is 2.22. The average molecular weight is 460 g/mol. The van der Waals surface area contributed by atoms with Gasteiger partial charge in [0.1, 0.15) is 23.0 Å². The molecule has 5 rings (SSSR count). The van der Waals surface area contributed by atoms with E-state index in [2.05, 4.69) is 30.9 Å². The first-order chi connectivity index (χ1) is 16.6. The largest absolute Gasteiger partial charge is 0.497 e. The van der Waals surface area contributed by atoms with Crippen molar-refractivity contribution in [1.82, 2.24) is 29.5 Å². The van der Waals surface area contributed by atoms with Crippen LogP contribution in [-0.2, 0) is 6.54 Å². The molecular weight excluding hydrogens is 430 g/mol. The Hall–Kier alpha value is -3.88. The normalized spacial score (nSPS) is 13.5. The van der Waals surface area contributed by atoms with Crippen molar-refractivity contribution < 1.29 is 9.53 Å². The van der Waals surface area contributed by atoms with Gasteiger partial charge in [-0.15, -0.1) is 0 Å². The van der Waals surface area contributed by atoms with E-state index in [0.29, 0.717) is 17.8 Å². The van der Waals surface area contributed by atoms with E-state index < -0.39 is 0 Å². The lowest BCUT2D eigenvalue weighted by Crippen LogP contribution is -2.25. The maximum absolute atomic E-state index is 13.1. The van der Waals surface area contributed by atoms with Gasteiger partial charge in [-0.2, -0.15) is 9.61 Å². The van der Waals surface area contributed by atoms with E-state index in [1.807, 2.05) is 37.4 Å². The summed E-state index contributed by atoms with van der Waals surface area (Å²) in [6.45, 7) is 5.28. The summed E-state index contributed by atoms with van der Waals surface area (Å²) in [6, 6.07) is 9.87. The van der Waals surface area contributed by atoms with Crippen molar-refractivity contribution in [2.24, 2.45) is 0 Å². The highest BCUT2D eigenvalue weighted by Crippen LogP contribution is 2.29. The van der Waals surface area contributed by atoms with Crippen LogP contribution in [0, 0.1) is 6.92 Å². The number of carbonyl (C=O) groups excluding carboxylic acids is 1. The maximum Gasteiger partial charge on any atom is 0.256 e. The predicted molar refractivity (Wildman–Crippen MR) is 130 cm³/mol. The predicted octanol–water partition coefficient (Wildman–Crippen LogP) is 3.33. The smallest absolute Gasteiger partial charge is 0.256 e. The summed E-state index contributed by atoms with van der Waals surface area (Å²) >= 11 is 0. The average Bonchev–Trinajstić information content (AvgIpc) is 3.62. The lowest BCUT2D eigenvalue weighted by Gasteiger charge is -2.19. The molecule has 0 atom stereocenters. The Morgan fingerprint density at radius 3 is 2.68 bits per heavy atom. The minimum atomic E-state index is -0.163. The monoisotopic (exact) mass is 459 g/mol. The number of amides is 1. The zero-order valence-corrected chi connectivity index (χ0v) is 19.6. The third-order valence-electron chi connectivity index (χ3n) is 6.30. The molecule has 1 aromatic carbocycles. The number of aryl methyl sites for hydroxylation is 2. The molecule has 1 fully saturated rings. The highest BCUT2D eigenvalue weighted by molar-refractivity contribution is 6.00. The number of nitrogens with one attached hydrogen (secondary N) is 1. The molecule has 4 aromatic rings. The molecule has 176 valence electrons. The summed E-state index contributed by atoms with van der Waals surface area (Å²) < 4.78 is 9.16. The molecule has 1 N–H and O–H groups in total. The van der Waals surface area contributed by atoms with Gasteiger partial charge in [0.15, 0.2) is 5.65 Å². The van der Waals surface area contributed by atoms with Gasteiger partial charge in [0.2, 0.25) is 0 Å². The summed E-state index contributed by atoms with van der Waals surface area (Å²) in [5.41, 5.74) is 2.82. The molecule has 0 unspecified atom stereocenters. The van der Waals surface area contributed by atoms with Gasteiger partial charge in [0, 0.05) is 50.2 Å². The fourth-order valence-corrected chi connectivity index (χ4v) is 4.37. The van der Waals surface area contributed by atoms with Crippen LogP contribution in [-0.4, -0.2) is 56.8 Å². The SMILES string of the molecule is COc1ccc(-c2cc(N3CCCC3)n3ncc(C(=O)NCCCn4ccnc4C)c3n2)cc1. The molecule has 1 aliphatic rings. The van der Waals surface area contributed by atoms with Gasteiger partial charge in [-0.1, -0.05) is 0 Å². The molecule has 1 amide bonds. The number of imidazole rings is 1. The third kappa shape index (κ3) is 4.33. The van der Waals surface area contributed by atoms with Crippen LogP contribution >= 0.6 is 0 Å². The van der Waals surface area contributed by atoms with E-state index in [-0.39, 0.29) is 5.91 Å². The van der Waals surface area contributed by atoms with Gasteiger partial charge < -0.3 is 19.5 Å². The molecule has 3 aromatic heterocycles. The van der Waals surface area contributed by atoms with Crippen LogP contribution in [0.25, 0.3) is 16.9 Å². The van der Waals surface area contributed by atoms with E-state index in [0.717, 1.165) is 67.5 Å². The second kappa shape index (κ2) is 9.54. The molecule has 9 heteroatoms. The fraction of sp³-hybridized carbons (Fsp3) is 0.360. The number of anilines is 1. The summed E-state index contributed by atoms with van der Waals surface area (Å²) in [7, 11) is 1.65. The van der Waals surface area contributed by atoms with Gasteiger partial charge in [-0.3, -0.25) is 4.79 Å². The second-order valence-electron chi connectivity index (χ2n) is 8.49. The van der Waals surface area contributed by atoms with Gasteiger partial charge >= 0.3 is 0 Å². The number of fused-ring (bicyclic) bond motifs is 1. The van der Waals surface area contributed by atoms with Gasteiger partial charge in [0.25, 0.3) is 5.91 Å². The van der Waals surface area contributed by atoms with Crippen LogP contribution in [0.2, 0.25) is 0 Å². The van der Waals surface area contributed by atoms with Crippen LogP contribution in [0.4, 0.5) is 5.82 Å². The zero-order valence-electron chi connectivity index (χ0n) is 19.6. The standard InChI is InChI=1S/C25H29N7O2/c1-18-26-11-15-30(18)14-5-10-27-25(33)21-17-28-32-23(31-12-3-4-13-31)16-22(29-24(21)32)19-6-8-20(34-2)9-7-19/h6-9,11,15-17H,3-5,10,12-14H2,1-2H3,(H,27,33). The van der Waals surface area contributed by atoms with Crippen molar-refractivity contribution in [3.63, 3.8) is 0 Å². The number of hydrogen-bond acceptors (Lipinski definition) is 6. The second-order valence-corrected chi connectivity index (χ2v) is 8.49. The van der Waals surface area contributed by atoms with Crippen LogP contribution in [0.1, 0.15) is 35.4 Å². The first-order valence-electron chi connectivity index (χ1n) is 11.7. The third-order valence-corrected chi connectivity index (χ3v) is 6.30. The Bertz CT molecular complexity index is 1290. The van der Waals surface area contributed by atoms with Crippen molar-refractivity contribution in [3.8, 4) is 17.0 Å². The molecule has 4 heterocycles. The quantitative estimate of drug-likeness (QED) is 0.407. The summed E-state index contributed by atoms with van der Waals surface area (Å²) in [4.78, 5) is 24.5. The summed E-state index contributed by atoms with van der Waals surface area (Å²) in [5.74, 6) is 2.56. The number of aromatic nitrogens is 5. The summed E-state index contributed by atoms with van der Waals surface area (Å²) in [5, 5.41) is 7.57. The number of nitrogens with zero attached hydrogens (tertiary/aromatic N) is 6. The number of carbonyl (C=O) groups is 1. The minimum Gasteiger partial charge on any atom is -0.497 e. The molecule has 9 nitrogen and oxygen atoms in total. The molecule has 0 radical (unpaired) electrons.